The topological polar surface area (TPSA) is 115 Å². The number of esters is 1. The summed E-state index contributed by atoms with van der Waals surface area (Å²) in [5.41, 5.74) is 0.904. The molecule has 0 radical (unpaired) electrons. The first-order chi connectivity index (χ1) is 16.5. The summed E-state index contributed by atoms with van der Waals surface area (Å²) in [7, 11) is -3.75. The van der Waals surface area contributed by atoms with Crippen LogP contribution in [0.15, 0.2) is 27.6 Å². The minimum Gasteiger partial charge on any atom is -0.452 e. The largest absolute Gasteiger partial charge is 0.452 e. The molecule has 3 heterocycles. The van der Waals surface area contributed by atoms with Gasteiger partial charge in [-0.1, -0.05) is 18.5 Å². The van der Waals surface area contributed by atoms with Crippen molar-refractivity contribution in [3.63, 3.8) is 0 Å². The number of nitrogens with zero attached hydrogens (tertiary/aromatic N) is 4. The third-order valence-electron chi connectivity index (χ3n) is 6.08. The number of aryl methyl sites for hydroxylation is 1. The second-order valence-electron chi connectivity index (χ2n) is 8.53. The predicted octanol–water partition coefficient (Wildman–Crippen LogP) is 2.78. The van der Waals surface area contributed by atoms with Crippen LogP contribution in [-0.2, 0) is 32.5 Å². The SMILES string of the molecule is CCCCc1noc(COC(=O)c2cc(S(=O)(=O)N3CCOCC3)ccc2N2CCCCC2)n1. The highest BCUT2D eigenvalue weighted by Gasteiger charge is 2.29. The van der Waals surface area contributed by atoms with Crippen LogP contribution in [0.25, 0.3) is 0 Å². The van der Waals surface area contributed by atoms with E-state index in [4.69, 9.17) is 14.0 Å². The lowest BCUT2D eigenvalue weighted by Gasteiger charge is -2.31. The summed E-state index contributed by atoms with van der Waals surface area (Å²) in [5, 5.41) is 3.91. The zero-order valence-electron chi connectivity index (χ0n) is 19.6. The van der Waals surface area contributed by atoms with Crippen LogP contribution >= 0.6 is 0 Å². The standard InChI is InChI=1S/C23H32N4O6S/c1-2-3-7-21-24-22(33-25-21)17-32-23(28)19-16-18(34(29,30)27-12-14-31-15-13-27)8-9-20(19)26-10-5-4-6-11-26/h8-9,16H,2-7,10-15,17H2,1H3. The number of ether oxygens (including phenoxy) is 2. The zero-order valence-corrected chi connectivity index (χ0v) is 20.4. The van der Waals surface area contributed by atoms with Crippen molar-refractivity contribution < 1.29 is 27.2 Å². The molecule has 0 unspecified atom stereocenters. The minimum atomic E-state index is -3.75. The van der Waals surface area contributed by atoms with Crippen LogP contribution in [0.4, 0.5) is 5.69 Å². The Balaban J connectivity index is 1.56. The van der Waals surface area contributed by atoms with Crippen molar-refractivity contribution in [3.05, 3.63) is 35.5 Å². The number of carbonyl (C=O) groups is 1. The number of hydrogen-bond donors (Lipinski definition) is 0. The first-order valence-corrected chi connectivity index (χ1v) is 13.4. The van der Waals surface area contributed by atoms with Crippen molar-refractivity contribution in [1.82, 2.24) is 14.4 Å². The molecule has 2 fully saturated rings. The number of unbranched alkanes of at least 4 members (excludes halogenated alkanes) is 1. The Kier molecular flexibility index (Phi) is 8.17. The maximum atomic E-state index is 13.2. The van der Waals surface area contributed by atoms with Gasteiger partial charge in [-0.3, -0.25) is 0 Å². The van der Waals surface area contributed by atoms with E-state index in [1.54, 1.807) is 12.1 Å². The van der Waals surface area contributed by atoms with Crippen LogP contribution in [0.5, 0.6) is 0 Å². The second kappa shape index (κ2) is 11.3. The summed E-state index contributed by atoms with van der Waals surface area (Å²) in [5.74, 6) is 0.185. The van der Waals surface area contributed by atoms with Crippen LogP contribution in [0.3, 0.4) is 0 Å². The molecule has 2 aromatic rings. The molecule has 4 rings (SSSR count). The van der Waals surface area contributed by atoms with E-state index >= 15 is 0 Å². The van der Waals surface area contributed by atoms with Gasteiger partial charge < -0.3 is 18.9 Å². The molecule has 0 spiro atoms. The van der Waals surface area contributed by atoms with Gasteiger partial charge in [0.2, 0.25) is 10.0 Å². The van der Waals surface area contributed by atoms with Crippen LogP contribution in [-0.4, -0.2) is 68.2 Å². The lowest BCUT2D eigenvalue weighted by atomic mass is 10.1. The van der Waals surface area contributed by atoms with E-state index in [9.17, 15) is 13.2 Å². The molecular weight excluding hydrogens is 460 g/mol. The maximum absolute atomic E-state index is 13.2. The highest BCUT2D eigenvalue weighted by molar-refractivity contribution is 7.89. The van der Waals surface area contributed by atoms with Crippen LogP contribution in [0.2, 0.25) is 0 Å². The van der Waals surface area contributed by atoms with Gasteiger partial charge in [-0.2, -0.15) is 9.29 Å². The van der Waals surface area contributed by atoms with Gasteiger partial charge in [-0.05, 0) is 43.9 Å². The van der Waals surface area contributed by atoms with Crippen molar-refractivity contribution in [2.75, 3.05) is 44.3 Å². The van der Waals surface area contributed by atoms with E-state index in [1.165, 1.54) is 10.4 Å². The molecule has 186 valence electrons. The van der Waals surface area contributed by atoms with Gasteiger partial charge in [-0.15, -0.1) is 0 Å². The molecule has 34 heavy (non-hydrogen) atoms. The first-order valence-electron chi connectivity index (χ1n) is 11.9. The third-order valence-corrected chi connectivity index (χ3v) is 7.98. The van der Waals surface area contributed by atoms with E-state index < -0.39 is 16.0 Å². The molecule has 0 saturated carbocycles. The Hall–Kier alpha value is -2.50. The van der Waals surface area contributed by atoms with E-state index in [1.807, 2.05) is 0 Å². The van der Waals surface area contributed by atoms with Crippen molar-refractivity contribution >= 4 is 21.7 Å². The van der Waals surface area contributed by atoms with Gasteiger partial charge in [0.25, 0.3) is 5.89 Å². The Labute approximate surface area is 200 Å². The quantitative estimate of drug-likeness (QED) is 0.487. The molecule has 11 heteroatoms. The fourth-order valence-electron chi connectivity index (χ4n) is 4.18. The number of aromatic nitrogens is 2. The molecule has 1 aromatic carbocycles. The molecule has 0 bridgehead atoms. The summed E-state index contributed by atoms with van der Waals surface area (Å²) in [6, 6.07) is 4.71. The molecule has 0 atom stereocenters. The van der Waals surface area contributed by atoms with E-state index in [2.05, 4.69) is 22.0 Å². The Morgan fingerprint density at radius 2 is 1.88 bits per heavy atom. The maximum Gasteiger partial charge on any atom is 0.340 e. The zero-order chi connectivity index (χ0) is 24.0. The number of anilines is 1. The Morgan fingerprint density at radius 3 is 2.62 bits per heavy atom. The number of rotatable bonds is 9. The van der Waals surface area contributed by atoms with Crippen LogP contribution < -0.4 is 4.90 Å². The molecule has 0 aliphatic carbocycles. The number of piperidine rings is 1. The van der Waals surface area contributed by atoms with Crippen LogP contribution in [0.1, 0.15) is 61.1 Å². The third kappa shape index (κ3) is 5.76. The summed E-state index contributed by atoms with van der Waals surface area (Å²) < 4.78 is 43.7. The van der Waals surface area contributed by atoms with Crippen molar-refractivity contribution in [3.8, 4) is 0 Å². The minimum absolute atomic E-state index is 0.0711. The summed E-state index contributed by atoms with van der Waals surface area (Å²) >= 11 is 0. The number of hydrogen-bond acceptors (Lipinski definition) is 9. The van der Waals surface area contributed by atoms with E-state index in [0.29, 0.717) is 31.1 Å². The van der Waals surface area contributed by atoms with Crippen molar-refractivity contribution in [1.29, 1.82) is 0 Å². The van der Waals surface area contributed by atoms with Gasteiger partial charge in [0, 0.05) is 32.6 Å². The predicted molar refractivity (Wildman–Crippen MR) is 124 cm³/mol. The van der Waals surface area contributed by atoms with Gasteiger partial charge >= 0.3 is 5.97 Å². The molecule has 0 amide bonds. The smallest absolute Gasteiger partial charge is 0.340 e. The number of morpholine rings is 1. The highest BCUT2D eigenvalue weighted by Crippen LogP contribution is 2.29. The van der Waals surface area contributed by atoms with Gasteiger partial charge in [0.05, 0.1) is 29.4 Å². The number of sulfonamides is 1. The first kappa shape index (κ1) is 24.6. The van der Waals surface area contributed by atoms with Crippen LogP contribution in [0, 0.1) is 0 Å². The summed E-state index contributed by atoms with van der Waals surface area (Å²) in [4.78, 5) is 19.6. The number of benzene rings is 1. The Bertz CT molecular complexity index is 1070. The molecular formula is C23H32N4O6S. The average Bonchev–Trinajstić information content (AvgIpc) is 3.34. The van der Waals surface area contributed by atoms with E-state index in [-0.39, 0.29) is 36.0 Å². The van der Waals surface area contributed by atoms with E-state index in [0.717, 1.165) is 45.2 Å². The van der Waals surface area contributed by atoms with Gasteiger partial charge in [0.1, 0.15) is 0 Å². The summed E-state index contributed by atoms with van der Waals surface area (Å²) in [6.45, 7) is 4.80. The fourth-order valence-corrected chi connectivity index (χ4v) is 5.61. The molecule has 10 nitrogen and oxygen atoms in total. The second-order valence-corrected chi connectivity index (χ2v) is 10.5. The molecule has 2 aliphatic rings. The van der Waals surface area contributed by atoms with Crippen molar-refractivity contribution in [2.24, 2.45) is 0 Å². The van der Waals surface area contributed by atoms with Gasteiger partial charge in [-0.25, -0.2) is 13.2 Å². The lowest BCUT2D eigenvalue weighted by molar-refractivity contribution is 0.0430. The molecule has 2 aliphatic heterocycles. The molecule has 1 aromatic heterocycles. The monoisotopic (exact) mass is 492 g/mol. The van der Waals surface area contributed by atoms with Crippen molar-refractivity contribution in [2.45, 2.75) is 57.0 Å². The highest BCUT2D eigenvalue weighted by atomic mass is 32.2. The molecule has 0 N–H and O–H groups in total. The summed E-state index contributed by atoms with van der Waals surface area (Å²) in [6.07, 6.45) is 5.84. The average molecular weight is 493 g/mol. The lowest BCUT2D eigenvalue weighted by Crippen LogP contribution is -2.40. The van der Waals surface area contributed by atoms with Gasteiger partial charge in [0.15, 0.2) is 12.4 Å². The Morgan fingerprint density at radius 1 is 1.12 bits per heavy atom. The number of carbonyl (C=O) groups excluding carboxylic acids is 1. The molecule has 2 saturated heterocycles. The fraction of sp³-hybridized carbons (Fsp3) is 0.609. The normalized spacial score (nSPS) is 17.6.